The van der Waals surface area contributed by atoms with E-state index in [2.05, 4.69) is 15.1 Å². The molecule has 1 aromatic carbocycles. The Balaban J connectivity index is 1.89. The number of hydrogen-bond acceptors (Lipinski definition) is 5. The summed E-state index contributed by atoms with van der Waals surface area (Å²) < 4.78 is 1.98. The molecule has 0 aliphatic rings. The van der Waals surface area contributed by atoms with Crippen molar-refractivity contribution >= 4 is 11.5 Å². The van der Waals surface area contributed by atoms with Crippen LogP contribution in [0.2, 0.25) is 0 Å². The predicted octanol–water partition coefficient (Wildman–Crippen LogP) is 2.67. The highest BCUT2D eigenvalue weighted by Crippen LogP contribution is 2.13. The average molecular weight is 321 g/mol. The zero-order chi connectivity index (χ0) is 16.9. The first kappa shape index (κ1) is 15.7. The fraction of sp³-hybridized carbons (Fsp3) is 0.167. The number of oxime groups is 1. The Kier molecular flexibility index (Phi) is 4.56. The van der Waals surface area contributed by atoms with Gasteiger partial charge >= 0.3 is 0 Å². The Morgan fingerprint density at radius 2 is 1.96 bits per heavy atom. The maximum atomic E-state index is 5.68. The van der Waals surface area contributed by atoms with Crippen LogP contribution in [-0.4, -0.2) is 20.2 Å². The predicted molar refractivity (Wildman–Crippen MR) is 93.5 cm³/mol. The van der Waals surface area contributed by atoms with Crippen LogP contribution in [0.4, 0.5) is 5.82 Å². The SMILES string of the molecule is Cc1ncc(/C(=N\OCc2cccc(N)n2)c2ccccc2)n1C. The Morgan fingerprint density at radius 1 is 1.17 bits per heavy atom. The lowest BCUT2D eigenvalue weighted by molar-refractivity contribution is 0.128. The van der Waals surface area contributed by atoms with Crippen molar-refractivity contribution in [3.8, 4) is 0 Å². The van der Waals surface area contributed by atoms with Gasteiger partial charge in [0.15, 0.2) is 6.61 Å². The van der Waals surface area contributed by atoms with Crippen molar-refractivity contribution < 1.29 is 4.84 Å². The summed E-state index contributed by atoms with van der Waals surface area (Å²) in [5, 5.41) is 4.34. The molecule has 0 spiro atoms. The Hall–Kier alpha value is -3.15. The van der Waals surface area contributed by atoms with Gasteiger partial charge in [0.1, 0.15) is 17.4 Å². The highest BCUT2D eigenvalue weighted by atomic mass is 16.6. The molecule has 3 aromatic rings. The van der Waals surface area contributed by atoms with Gasteiger partial charge in [-0.3, -0.25) is 0 Å². The molecule has 2 heterocycles. The van der Waals surface area contributed by atoms with E-state index in [-0.39, 0.29) is 6.61 Å². The minimum Gasteiger partial charge on any atom is -0.389 e. The summed E-state index contributed by atoms with van der Waals surface area (Å²) >= 11 is 0. The number of benzene rings is 1. The van der Waals surface area contributed by atoms with Crippen molar-refractivity contribution in [1.29, 1.82) is 0 Å². The third-order valence-electron chi connectivity index (χ3n) is 3.71. The lowest BCUT2D eigenvalue weighted by atomic mass is 10.1. The van der Waals surface area contributed by atoms with E-state index >= 15 is 0 Å². The molecule has 0 fully saturated rings. The number of anilines is 1. The van der Waals surface area contributed by atoms with E-state index in [0.717, 1.165) is 28.5 Å². The van der Waals surface area contributed by atoms with E-state index < -0.39 is 0 Å². The van der Waals surface area contributed by atoms with Crippen molar-refractivity contribution in [2.75, 3.05) is 5.73 Å². The summed E-state index contributed by atoms with van der Waals surface area (Å²) in [6.07, 6.45) is 1.79. The molecule has 24 heavy (non-hydrogen) atoms. The normalized spacial score (nSPS) is 11.5. The molecule has 0 amide bonds. The van der Waals surface area contributed by atoms with Crippen LogP contribution in [0.25, 0.3) is 0 Å². The molecule has 2 aromatic heterocycles. The average Bonchev–Trinajstić information content (AvgIpc) is 2.92. The van der Waals surface area contributed by atoms with Gasteiger partial charge in [-0.15, -0.1) is 0 Å². The minimum atomic E-state index is 0.248. The summed E-state index contributed by atoms with van der Waals surface area (Å²) in [4.78, 5) is 14.1. The Bertz CT molecular complexity index is 855. The number of imidazole rings is 1. The molecular formula is C18H19N5O. The molecule has 0 atom stereocenters. The van der Waals surface area contributed by atoms with Crippen molar-refractivity contribution in [3.63, 3.8) is 0 Å². The molecule has 0 radical (unpaired) electrons. The van der Waals surface area contributed by atoms with Crippen LogP contribution in [-0.2, 0) is 18.5 Å². The minimum absolute atomic E-state index is 0.248. The number of nitrogens with zero attached hydrogens (tertiary/aromatic N) is 4. The Morgan fingerprint density at radius 3 is 2.62 bits per heavy atom. The van der Waals surface area contributed by atoms with Gasteiger partial charge in [-0.2, -0.15) is 0 Å². The third-order valence-corrected chi connectivity index (χ3v) is 3.71. The molecule has 6 heteroatoms. The first-order valence-electron chi connectivity index (χ1n) is 7.60. The maximum absolute atomic E-state index is 5.68. The molecular weight excluding hydrogens is 302 g/mol. The summed E-state index contributed by atoms with van der Waals surface area (Å²) in [5.41, 5.74) is 8.98. The lowest BCUT2D eigenvalue weighted by Crippen LogP contribution is -2.10. The second kappa shape index (κ2) is 6.95. The van der Waals surface area contributed by atoms with Crippen LogP contribution in [0.5, 0.6) is 0 Å². The monoisotopic (exact) mass is 321 g/mol. The largest absolute Gasteiger partial charge is 0.389 e. The van der Waals surface area contributed by atoms with Crippen LogP contribution in [0, 0.1) is 6.92 Å². The van der Waals surface area contributed by atoms with Crippen molar-refractivity contribution in [2.45, 2.75) is 13.5 Å². The number of nitrogens with two attached hydrogens (primary N) is 1. The first-order valence-corrected chi connectivity index (χ1v) is 7.60. The fourth-order valence-corrected chi connectivity index (χ4v) is 2.31. The Labute approximate surface area is 140 Å². The van der Waals surface area contributed by atoms with Gasteiger partial charge in [-0.05, 0) is 19.1 Å². The quantitative estimate of drug-likeness (QED) is 0.579. The third kappa shape index (κ3) is 3.43. The molecule has 0 unspecified atom stereocenters. The second-order valence-corrected chi connectivity index (χ2v) is 5.38. The van der Waals surface area contributed by atoms with Crippen LogP contribution < -0.4 is 5.73 Å². The van der Waals surface area contributed by atoms with E-state index in [4.69, 9.17) is 10.6 Å². The lowest BCUT2D eigenvalue weighted by Gasteiger charge is -2.08. The molecule has 0 bridgehead atoms. The highest BCUT2D eigenvalue weighted by molar-refractivity contribution is 6.11. The number of rotatable bonds is 5. The van der Waals surface area contributed by atoms with Crippen molar-refractivity contribution in [2.24, 2.45) is 12.2 Å². The van der Waals surface area contributed by atoms with Gasteiger partial charge < -0.3 is 15.1 Å². The van der Waals surface area contributed by atoms with Gasteiger partial charge in [0.2, 0.25) is 0 Å². The first-order chi connectivity index (χ1) is 11.6. The number of pyridine rings is 1. The molecule has 2 N–H and O–H groups in total. The van der Waals surface area contributed by atoms with E-state index in [1.807, 2.05) is 61.0 Å². The van der Waals surface area contributed by atoms with E-state index in [0.29, 0.717) is 5.82 Å². The van der Waals surface area contributed by atoms with E-state index in [1.165, 1.54) is 0 Å². The van der Waals surface area contributed by atoms with Gasteiger partial charge in [-0.25, -0.2) is 9.97 Å². The molecule has 6 nitrogen and oxygen atoms in total. The molecule has 0 saturated heterocycles. The second-order valence-electron chi connectivity index (χ2n) is 5.38. The number of aryl methyl sites for hydroxylation is 1. The zero-order valence-corrected chi connectivity index (χ0v) is 13.7. The fourth-order valence-electron chi connectivity index (χ4n) is 2.31. The molecule has 122 valence electrons. The molecule has 0 saturated carbocycles. The standard InChI is InChI=1S/C18H19N5O/c1-13-20-11-16(23(13)2)18(14-7-4-3-5-8-14)22-24-12-15-9-6-10-17(19)21-15/h3-11H,12H2,1-2H3,(H2,19,21)/b22-18-. The van der Waals surface area contributed by atoms with Crippen LogP contribution in [0.1, 0.15) is 22.8 Å². The number of nitrogen functional groups attached to an aromatic ring is 1. The summed E-state index contributed by atoms with van der Waals surface area (Å²) in [6.45, 7) is 2.20. The maximum Gasteiger partial charge on any atom is 0.159 e. The van der Waals surface area contributed by atoms with Gasteiger partial charge in [0, 0.05) is 12.6 Å². The summed E-state index contributed by atoms with van der Waals surface area (Å²) in [7, 11) is 1.95. The van der Waals surface area contributed by atoms with Crippen molar-refractivity contribution in [1.82, 2.24) is 14.5 Å². The highest BCUT2D eigenvalue weighted by Gasteiger charge is 2.13. The molecule has 0 aliphatic heterocycles. The van der Waals surface area contributed by atoms with Gasteiger partial charge in [0.25, 0.3) is 0 Å². The van der Waals surface area contributed by atoms with E-state index in [1.54, 1.807) is 12.3 Å². The van der Waals surface area contributed by atoms with Crippen LogP contribution in [0.3, 0.4) is 0 Å². The van der Waals surface area contributed by atoms with Crippen LogP contribution >= 0.6 is 0 Å². The smallest absolute Gasteiger partial charge is 0.159 e. The summed E-state index contributed by atoms with van der Waals surface area (Å²) in [6, 6.07) is 15.3. The van der Waals surface area contributed by atoms with Crippen LogP contribution in [0.15, 0.2) is 59.9 Å². The van der Waals surface area contributed by atoms with E-state index in [9.17, 15) is 0 Å². The number of hydrogen-bond donors (Lipinski definition) is 1. The molecule has 3 rings (SSSR count). The molecule has 0 aliphatic carbocycles. The summed E-state index contributed by atoms with van der Waals surface area (Å²) in [5.74, 6) is 1.37. The van der Waals surface area contributed by atoms with Crippen molar-refractivity contribution in [3.05, 3.63) is 77.5 Å². The zero-order valence-electron chi connectivity index (χ0n) is 13.7. The number of aromatic nitrogens is 3. The van der Waals surface area contributed by atoms with Gasteiger partial charge in [0.05, 0.1) is 17.6 Å². The van der Waals surface area contributed by atoms with Gasteiger partial charge in [-0.1, -0.05) is 41.6 Å². The topological polar surface area (TPSA) is 78.3 Å².